The lowest BCUT2D eigenvalue weighted by molar-refractivity contribution is -0.384. The summed E-state index contributed by atoms with van der Waals surface area (Å²) >= 11 is 14.3. The molecule has 23 heavy (non-hydrogen) atoms. The number of carbonyl (C=O) groups is 1. The maximum absolute atomic E-state index is 12.0. The van der Waals surface area contributed by atoms with Crippen molar-refractivity contribution in [3.05, 3.63) is 67.6 Å². The second-order valence-electron chi connectivity index (χ2n) is 4.34. The molecular formula is C14H9BrClN3O3S. The summed E-state index contributed by atoms with van der Waals surface area (Å²) in [7, 11) is 0. The van der Waals surface area contributed by atoms with Crippen LogP contribution in [0.5, 0.6) is 0 Å². The van der Waals surface area contributed by atoms with Crippen LogP contribution in [0.4, 0.5) is 11.4 Å². The van der Waals surface area contributed by atoms with Gasteiger partial charge >= 0.3 is 0 Å². The molecule has 1 amide bonds. The van der Waals surface area contributed by atoms with Crippen LogP contribution in [-0.2, 0) is 0 Å². The van der Waals surface area contributed by atoms with Crippen LogP contribution < -0.4 is 10.6 Å². The Hall–Kier alpha value is -2.03. The van der Waals surface area contributed by atoms with Crippen LogP contribution in [0.3, 0.4) is 0 Å². The number of rotatable bonds is 3. The van der Waals surface area contributed by atoms with Gasteiger partial charge in [0.25, 0.3) is 11.6 Å². The van der Waals surface area contributed by atoms with Crippen LogP contribution in [0.15, 0.2) is 46.9 Å². The van der Waals surface area contributed by atoms with Crippen LogP contribution in [-0.4, -0.2) is 15.9 Å². The minimum absolute atomic E-state index is 0.0555. The van der Waals surface area contributed by atoms with Crippen molar-refractivity contribution >= 4 is 62.1 Å². The standard InChI is InChI=1S/C14H9BrClN3O3S/c15-11-5-4-9(7-12(11)16)17-14(23)18-13(20)8-2-1-3-10(6-8)19(21)22/h1-7H,(H2,17,18,20,23). The van der Waals surface area contributed by atoms with Gasteiger partial charge in [0.15, 0.2) is 5.11 Å². The number of anilines is 1. The van der Waals surface area contributed by atoms with Gasteiger partial charge in [-0.3, -0.25) is 20.2 Å². The summed E-state index contributed by atoms with van der Waals surface area (Å²) < 4.78 is 0.733. The number of non-ortho nitro benzene ring substituents is 1. The van der Waals surface area contributed by atoms with Crippen LogP contribution in [0.25, 0.3) is 0 Å². The summed E-state index contributed by atoms with van der Waals surface area (Å²) in [5, 5.41) is 16.5. The number of nitrogens with zero attached hydrogens (tertiary/aromatic N) is 1. The minimum Gasteiger partial charge on any atom is -0.332 e. The van der Waals surface area contributed by atoms with Gasteiger partial charge in [-0.1, -0.05) is 17.7 Å². The molecule has 0 unspecified atom stereocenters. The van der Waals surface area contributed by atoms with Gasteiger partial charge in [0, 0.05) is 27.9 Å². The number of nitro groups is 1. The minimum atomic E-state index is -0.572. The molecule has 0 spiro atoms. The molecule has 2 rings (SSSR count). The number of hydrogen-bond donors (Lipinski definition) is 2. The lowest BCUT2D eigenvalue weighted by Crippen LogP contribution is -2.34. The summed E-state index contributed by atoms with van der Waals surface area (Å²) in [5.74, 6) is -0.547. The predicted molar refractivity (Wildman–Crippen MR) is 95.9 cm³/mol. The molecule has 2 aromatic rings. The van der Waals surface area contributed by atoms with E-state index in [4.69, 9.17) is 23.8 Å². The quantitative estimate of drug-likeness (QED) is 0.448. The Morgan fingerprint density at radius 3 is 2.65 bits per heavy atom. The maximum Gasteiger partial charge on any atom is 0.270 e. The number of nitro benzene ring substituents is 1. The van der Waals surface area contributed by atoms with Crippen LogP contribution in [0.1, 0.15) is 10.4 Å². The van der Waals surface area contributed by atoms with E-state index in [9.17, 15) is 14.9 Å². The Bertz CT molecular complexity index is 801. The fourth-order valence-electron chi connectivity index (χ4n) is 1.67. The molecule has 0 fully saturated rings. The average Bonchev–Trinajstić information content (AvgIpc) is 2.51. The third-order valence-corrected chi connectivity index (χ3v) is 4.16. The molecule has 0 bridgehead atoms. The lowest BCUT2D eigenvalue weighted by Gasteiger charge is -2.10. The molecule has 0 aliphatic rings. The summed E-state index contributed by atoms with van der Waals surface area (Å²) in [6.07, 6.45) is 0. The Morgan fingerprint density at radius 2 is 2.00 bits per heavy atom. The predicted octanol–water partition coefficient (Wildman–Crippen LogP) is 4.14. The summed E-state index contributed by atoms with van der Waals surface area (Å²) in [6, 6.07) is 10.5. The van der Waals surface area contributed by atoms with Gasteiger partial charge in [-0.05, 0) is 52.4 Å². The molecule has 0 radical (unpaired) electrons. The molecular weight excluding hydrogens is 406 g/mol. The highest BCUT2D eigenvalue weighted by Gasteiger charge is 2.12. The van der Waals surface area contributed by atoms with E-state index >= 15 is 0 Å². The smallest absolute Gasteiger partial charge is 0.270 e. The summed E-state index contributed by atoms with van der Waals surface area (Å²) in [5.41, 5.74) is 0.566. The third-order valence-electron chi connectivity index (χ3n) is 2.72. The topological polar surface area (TPSA) is 84.3 Å². The lowest BCUT2D eigenvalue weighted by atomic mass is 10.2. The van der Waals surface area contributed by atoms with Crippen LogP contribution in [0.2, 0.25) is 5.02 Å². The van der Waals surface area contributed by atoms with Gasteiger partial charge in [0.05, 0.1) is 9.95 Å². The van der Waals surface area contributed by atoms with Crippen molar-refractivity contribution in [3.8, 4) is 0 Å². The van der Waals surface area contributed by atoms with Crippen LogP contribution in [0, 0.1) is 10.1 Å². The molecule has 0 atom stereocenters. The zero-order valence-electron chi connectivity index (χ0n) is 11.4. The van der Waals surface area contributed by atoms with Crippen molar-refractivity contribution in [1.29, 1.82) is 0 Å². The molecule has 0 saturated carbocycles. The number of nitrogens with one attached hydrogen (secondary N) is 2. The molecule has 0 saturated heterocycles. The average molecular weight is 415 g/mol. The summed E-state index contributed by atoms with van der Waals surface area (Å²) in [4.78, 5) is 22.2. The van der Waals surface area contributed by atoms with E-state index in [1.54, 1.807) is 18.2 Å². The Kier molecular flexibility index (Phi) is 5.64. The van der Waals surface area contributed by atoms with Crippen LogP contribution >= 0.6 is 39.7 Å². The van der Waals surface area contributed by atoms with Gasteiger partial charge < -0.3 is 5.32 Å². The Morgan fingerprint density at radius 1 is 1.26 bits per heavy atom. The molecule has 0 aliphatic carbocycles. The fraction of sp³-hybridized carbons (Fsp3) is 0. The normalized spacial score (nSPS) is 10.0. The van der Waals surface area contributed by atoms with E-state index < -0.39 is 10.8 Å². The molecule has 2 N–H and O–H groups in total. The Labute approximate surface area is 150 Å². The maximum atomic E-state index is 12.0. The molecule has 0 aliphatic heterocycles. The van der Waals surface area contributed by atoms with Crippen molar-refractivity contribution < 1.29 is 9.72 Å². The fourth-order valence-corrected chi connectivity index (χ4v) is 2.31. The highest BCUT2D eigenvalue weighted by molar-refractivity contribution is 9.10. The van der Waals surface area contributed by atoms with E-state index in [1.807, 2.05) is 0 Å². The zero-order valence-corrected chi connectivity index (χ0v) is 14.5. The van der Waals surface area contributed by atoms with E-state index in [0.717, 1.165) is 4.47 Å². The Balaban J connectivity index is 2.04. The van der Waals surface area contributed by atoms with Gasteiger partial charge in [-0.15, -0.1) is 0 Å². The van der Waals surface area contributed by atoms with Crippen molar-refractivity contribution in [2.45, 2.75) is 0 Å². The van der Waals surface area contributed by atoms with Gasteiger partial charge in [0.2, 0.25) is 0 Å². The van der Waals surface area contributed by atoms with Gasteiger partial charge in [0.1, 0.15) is 0 Å². The second-order valence-corrected chi connectivity index (χ2v) is 6.01. The first kappa shape index (κ1) is 17.3. The van der Waals surface area contributed by atoms with Gasteiger partial charge in [-0.25, -0.2) is 0 Å². The molecule has 2 aromatic carbocycles. The second kappa shape index (κ2) is 7.49. The molecule has 0 aromatic heterocycles. The van der Waals surface area contributed by atoms with Crippen molar-refractivity contribution in [1.82, 2.24) is 5.32 Å². The molecule has 6 nitrogen and oxygen atoms in total. The molecule has 9 heteroatoms. The first-order valence-corrected chi connectivity index (χ1v) is 7.76. The van der Waals surface area contributed by atoms with Gasteiger partial charge in [-0.2, -0.15) is 0 Å². The number of thiocarbonyl (C=S) groups is 1. The van der Waals surface area contributed by atoms with E-state index in [-0.39, 0.29) is 16.4 Å². The van der Waals surface area contributed by atoms with E-state index in [1.165, 1.54) is 24.3 Å². The number of amides is 1. The number of carbonyl (C=O) groups excluding carboxylic acids is 1. The van der Waals surface area contributed by atoms with E-state index in [2.05, 4.69) is 26.6 Å². The first-order valence-electron chi connectivity index (χ1n) is 6.18. The summed E-state index contributed by atoms with van der Waals surface area (Å²) in [6.45, 7) is 0. The first-order chi connectivity index (χ1) is 10.9. The molecule has 0 heterocycles. The number of halogens is 2. The SMILES string of the molecule is O=C(NC(=S)Nc1ccc(Br)c(Cl)c1)c1cccc([N+](=O)[O-])c1. The molecule has 118 valence electrons. The zero-order chi connectivity index (χ0) is 17.0. The number of hydrogen-bond acceptors (Lipinski definition) is 4. The van der Waals surface area contributed by atoms with E-state index in [0.29, 0.717) is 10.7 Å². The highest BCUT2D eigenvalue weighted by Crippen LogP contribution is 2.25. The largest absolute Gasteiger partial charge is 0.332 e. The van der Waals surface area contributed by atoms with Crippen molar-refractivity contribution in [3.63, 3.8) is 0 Å². The van der Waals surface area contributed by atoms with Crippen molar-refractivity contribution in [2.75, 3.05) is 5.32 Å². The van der Waals surface area contributed by atoms with Crippen molar-refractivity contribution in [2.24, 2.45) is 0 Å². The highest BCUT2D eigenvalue weighted by atomic mass is 79.9. The number of benzene rings is 2. The third kappa shape index (κ3) is 4.72. The monoisotopic (exact) mass is 413 g/mol.